The van der Waals surface area contributed by atoms with E-state index in [1.165, 1.54) is 47.6 Å². The number of rotatable bonds is 3. The van der Waals surface area contributed by atoms with E-state index in [0.29, 0.717) is 0 Å². The van der Waals surface area contributed by atoms with Crippen molar-refractivity contribution in [1.29, 1.82) is 0 Å². The summed E-state index contributed by atoms with van der Waals surface area (Å²) >= 11 is 32.9. The number of thioether (sulfide) groups is 4. The van der Waals surface area contributed by atoms with Gasteiger partial charge in [-0.2, -0.15) is 0 Å². The zero-order valence-electron chi connectivity index (χ0n) is 16.5. The van der Waals surface area contributed by atoms with E-state index >= 15 is 0 Å². The molecule has 0 atom stereocenters. The molecule has 2 aromatic carbocycles. The molecule has 4 heterocycles. The molecule has 34 heavy (non-hydrogen) atoms. The lowest BCUT2D eigenvalue weighted by Crippen LogP contribution is -1.96. The molecule has 2 aliphatic rings. The Hall–Kier alpha value is 0.820. The van der Waals surface area contributed by atoms with E-state index in [0.717, 1.165) is 15.2 Å². The van der Waals surface area contributed by atoms with Gasteiger partial charge in [0.2, 0.25) is 0 Å². The van der Waals surface area contributed by atoms with E-state index < -0.39 is 0 Å². The van der Waals surface area contributed by atoms with Gasteiger partial charge >= 0.3 is 0 Å². The average Bonchev–Trinajstić information content (AvgIpc) is 3.53. The van der Waals surface area contributed by atoms with Crippen LogP contribution in [-0.4, -0.2) is 0 Å². The molecule has 12 heteroatoms. The summed E-state index contributed by atoms with van der Waals surface area (Å²) in [5.41, 5.74) is 4.89. The molecule has 0 N–H and O–H groups in total. The highest BCUT2D eigenvalue weighted by Crippen LogP contribution is 2.64. The summed E-state index contributed by atoms with van der Waals surface area (Å²) in [6, 6.07) is 17.0. The van der Waals surface area contributed by atoms with Crippen LogP contribution in [-0.2, 0) is 0 Å². The van der Waals surface area contributed by atoms with Crippen LogP contribution in [0, 0.1) is 6.28 Å². The number of hydrogen-bond acceptors (Lipinski definition) is 10. The summed E-state index contributed by atoms with van der Waals surface area (Å²) in [4.78, 5) is 0. The van der Waals surface area contributed by atoms with E-state index in [-0.39, 0.29) is 0 Å². The Morgan fingerprint density at radius 1 is 0.529 bits per heavy atom. The minimum Gasteiger partial charge on any atom is -0.105 e. The van der Waals surface area contributed by atoms with Crippen LogP contribution in [0.15, 0.2) is 82.8 Å². The Bertz CT molecular complexity index is 1450. The number of hydrogen-bond donors (Lipinski definition) is 0. The molecule has 0 aliphatic carbocycles. The molecule has 0 spiro atoms. The van der Waals surface area contributed by atoms with Gasteiger partial charge in [0.25, 0.3) is 0 Å². The van der Waals surface area contributed by atoms with Crippen molar-refractivity contribution >= 4 is 160 Å². The number of benzene rings is 2. The van der Waals surface area contributed by atoms with E-state index in [1.54, 1.807) is 45.3 Å². The summed E-state index contributed by atoms with van der Waals surface area (Å²) in [5.74, 6) is 0. The summed E-state index contributed by atoms with van der Waals surface area (Å²) in [6.07, 6.45) is 0. The van der Waals surface area contributed by atoms with Gasteiger partial charge in [0.05, 0.1) is 25.3 Å². The molecule has 0 fully saturated rings. The fourth-order valence-electron chi connectivity index (χ4n) is 3.36. The maximum atomic E-state index is 5.47. The average molecular weight is 753 g/mol. The van der Waals surface area contributed by atoms with Gasteiger partial charge in [-0.3, -0.25) is 0 Å². The van der Waals surface area contributed by atoms with Gasteiger partial charge in [-0.05, 0) is 23.3 Å². The third-order valence-electron chi connectivity index (χ3n) is 4.72. The maximum absolute atomic E-state index is 5.47. The quantitative estimate of drug-likeness (QED) is 0.190. The van der Waals surface area contributed by atoms with Crippen molar-refractivity contribution in [2.45, 2.75) is 16.8 Å². The number of allylic oxidation sites excluding steroid dienone is 2. The molecule has 0 radical (unpaired) electrons. The highest BCUT2D eigenvalue weighted by Gasteiger charge is 2.32. The molecule has 0 bridgehead atoms. The fraction of sp³-hybridized carbons (Fsp3) is 0. The van der Waals surface area contributed by atoms with Crippen molar-refractivity contribution < 1.29 is 0 Å². The minimum absolute atomic E-state index is 0.989. The summed E-state index contributed by atoms with van der Waals surface area (Å²) in [6.45, 7) is 0. The first-order valence-electron chi connectivity index (χ1n) is 9.46. The number of halogens is 2. The molecule has 0 saturated heterocycles. The van der Waals surface area contributed by atoms with E-state index in [2.05, 4.69) is 80.4 Å². The van der Waals surface area contributed by atoms with Gasteiger partial charge in [0, 0.05) is 20.1 Å². The second-order valence-corrected chi connectivity index (χ2v) is 20.5. The Balaban J connectivity index is 1.64. The maximum Gasteiger partial charge on any atom is 0.145 e. The predicted molar refractivity (Wildman–Crippen MR) is 172 cm³/mol. The zero-order chi connectivity index (χ0) is 23.4. The minimum atomic E-state index is 0.989. The molecule has 0 nitrogen and oxygen atoms in total. The summed E-state index contributed by atoms with van der Waals surface area (Å²) < 4.78 is 12.0. The Kier molecular flexibility index (Phi) is 7.78. The monoisotopic (exact) mass is 750 g/mol. The highest BCUT2D eigenvalue weighted by molar-refractivity contribution is 9.10. The van der Waals surface area contributed by atoms with Gasteiger partial charge in [-0.15, -0.1) is 45.3 Å². The van der Waals surface area contributed by atoms with E-state index in [9.17, 15) is 0 Å². The van der Waals surface area contributed by atoms with Crippen LogP contribution >= 0.6 is 149 Å². The van der Waals surface area contributed by atoms with Crippen LogP contribution in [0.2, 0.25) is 0 Å². The van der Waals surface area contributed by atoms with Crippen LogP contribution in [0.4, 0.5) is 0 Å². The van der Waals surface area contributed by atoms with Crippen molar-refractivity contribution in [2.24, 2.45) is 0 Å². The topological polar surface area (TPSA) is 0 Å². The molecular formula is C22H8Br2S10. The van der Waals surface area contributed by atoms with Crippen molar-refractivity contribution in [2.75, 3.05) is 0 Å². The van der Waals surface area contributed by atoms with Gasteiger partial charge in [-0.1, -0.05) is 140 Å². The molecule has 0 unspecified atom stereocenters. The second-order valence-electron chi connectivity index (χ2n) is 6.75. The van der Waals surface area contributed by atoms with Crippen LogP contribution in [0.5, 0.6) is 0 Å². The van der Waals surface area contributed by atoms with Crippen molar-refractivity contribution in [3.8, 4) is 0 Å². The molecular weight excluding hydrogens is 745 g/mol. The first-order chi connectivity index (χ1) is 16.5. The third-order valence-corrected chi connectivity index (χ3v) is 17.5. The van der Waals surface area contributed by atoms with Gasteiger partial charge < -0.3 is 0 Å². The van der Waals surface area contributed by atoms with Crippen molar-refractivity contribution in [3.63, 3.8) is 0 Å². The molecule has 170 valence electrons. The van der Waals surface area contributed by atoms with Crippen molar-refractivity contribution in [3.05, 3.63) is 83.4 Å². The fourth-order valence-corrected chi connectivity index (χ4v) is 17.8. The lowest BCUT2D eigenvalue weighted by atomic mass is 9.95. The lowest BCUT2D eigenvalue weighted by molar-refractivity contribution is 1.53. The molecule has 0 amide bonds. The smallest absolute Gasteiger partial charge is 0.105 e. The molecule has 4 aromatic rings. The van der Waals surface area contributed by atoms with Gasteiger partial charge in [0.15, 0.2) is 0 Å². The van der Waals surface area contributed by atoms with Gasteiger partial charge in [-0.25, -0.2) is 0 Å². The predicted octanol–water partition coefficient (Wildman–Crippen LogP) is 12.7. The lowest BCUT2D eigenvalue weighted by Gasteiger charge is -2.20. The summed E-state index contributed by atoms with van der Waals surface area (Å²) in [5, 5.41) is 0. The van der Waals surface area contributed by atoms with Crippen LogP contribution < -0.4 is 0 Å². The zero-order valence-corrected chi connectivity index (χ0v) is 27.8. The third kappa shape index (κ3) is 4.84. The Morgan fingerprint density at radius 2 is 0.853 bits per heavy atom. The van der Waals surface area contributed by atoms with Gasteiger partial charge in [0.1, 0.15) is 6.28 Å². The van der Waals surface area contributed by atoms with Crippen LogP contribution in [0.1, 0.15) is 11.1 Å². The molecule has 0 saturated carbocycles. The number of fused-ring (bicyclic) bond motifs is 2. The summed E-state index contributed by atoms with van der Waals surface area (Å²) in [7, 11) is 0. The first-order valence-corrected chi connectivity index (χ1v) is 18.4. The molecule has 2 aromatic heterocycles. The van der Waals surface area contributed by atoms with Crippen molar-refractivity contribution in [1.82, 2.24) is 0 Å². The SMILES string of the molecule is S=c1sc2c(s1)SC(=C(C(=C1Sc3sc(=S)sc3S1)c1ccccc1Br)c1ccccc1Br)S2. The molecule has 6 rings (SSSR count). The normalized spacial score (nSPS) is 14.4. The first kappa shape index (κ1) is 25.1. The van der Waals surface area contributed by atoms with E-state index in [1.807, 2.05) is 47.0 Å². The molecule has 2 aliphatic heterocycles. The van der Waals surface area contributed by atoms with Crippen LogP contribution in [0.3, 0.4) is 0 Å². The standard InChI is InChI=1S/C22H8Br2S10/c23-11-7-3-1-5-9(11)13(15-27-17-18(28-15)32-21(25)31-17)14(10-6-2-4-8-12(10)24)16-29-19-20(30-16)34-22(26)33-19/h1-8H. The largest absolute Gasteiger partial charge is 0.145 e. The van der Waals surface area contributed by atoms with Crippen LogP contribution in [0.25, 0.3) is 11.1 Å². The Labute approximate surface area is 256 Å². The second kappa shape index (κ2) is 10.5. The highest BCUT2D eigenvalue weighted by atomic mass is 79.9. The Morgan fingerprint density at radius 3 is 1.18 bits per heavy atom. The van der Waals surface area contributed by atoms with E-state index in [4.69, 9.17) is 24.4 Å².